The zero-order chi connectivity index (χ0) is 13.3. The topological polar surface area (TPSA) is 37.3 Å². The molecule has 2 aromatic carbocycles. The van der Waals surface area contributed by atoms with Crippen LogP contribution < -0.4 is 0 Å². The fraction of sp³-hybridized carbons (Fsp3) is 0. The van der Waals surface area contributed by atoms with E-state index in [1.165, 1.54) is 12.1 Å². The van der Waals surface area contributed by atoms with Gasteiger partial charge in [-0.25, -0.2) is 9.18 Å². The molecule has 0 aliphatic carbocycles. The lowest BCUT2D eigenvalue weighted by molar-refractivity contribution is 0.0697. The summed E-state index contributed by atoms with van der Waals surface area (Å²) >= 11 is 11.8. The minimum atomic E-state index is -1.14. The molecule has 0 unspecified atom stereocenters. The Labute approximate surface area is 113 Å². The molecule has 2 rings (SSSR count). The average Bonchev–Trinajstić information content (AvgIpc) is 2.28. The van der Waals surface area contributed by atoms with Gasteiger partial charge in [-0.05, 0) is 30.3 Å². The van der Waals surface area contributed by atoms with E-state index in [2.05, 4.69) is 0 Å². The molecule has 0 spiro atoms. The van der Waals surface area contributed by atoms with Gasteiger partial charge < -0.3 is 5.11 Å². The number of halogens is 3. The van der Waals surface area contributed by atoms with Crippen molar-refractivity contribution in [1.82, 2.24) is 0 Å². The number of carboxylic acid groups (broad SMARTS) is 1. The van der Waals surface area contributed by atoms with Crippen molar-refractivity contribution < 1.29 is 14.3 Å². The van der Waals surface area contributed by atoms with E-state index in [1.807, 2.05) is 0 Å². The van der Waals surface area contributed by atoms with E-state index in [0.717, 1.165) is 12.1 Å². The van der Waals surface area contributed by atoms with Gasteiger partial charge >= 0.3 is 5.97 Å². The highest BCUT2D eigenvalue weighted by Gasteiger charge is 2.15. The summed E-state index contributed by atoms with van der Waals surface area (Å²) in [5, 5.41) is 9.77. The number of carbonyl (C=O) groups is 1. The molecular weight excluding hydrogens is 278 g/mol. The first kappa shape index (κ1) is 12.9. The number of benzene rings is 2. The Morgan fingerprint density at radius 2 is 1.78 bits per heavy atom. The van der Waals surface area contributed by atoms with Crippen LogP contribution in [0, 0.1) is 5.82 Å². The van der Waals surface area contributed by atoms with Crippen LogP contribution in [-0.2, 0) is 0 Å². The summed E-state index contributed by atoms with van der Waals surface area (Å²) in [4.78, 5) is 11.1. The van der Waals surface area contributed by atoms with Crippen molar-refractivity contribution in [2.75, 3.05) is 0 Å². The Morgan fingerprint density at radius 1 is 1.06 bits per heavy atom. The largest absolute Gasteiger partial charge is 0.478 e. The van der Waals surface area contributed by atoms with E-state index in [0.29, 0.717) is 10.6 Å². The molecule has 0 aliphatic heterocycles. The molecule has 0 amide bonds. The lowest BCUT2D eigenvalue weighted by Gasteiger charge is -2.08. The Balaban J connectivity index is 2.69. The maximum atomic E-state index is 13.2. The molecule has 5 heteroatoms. The average molecular weight is 285 g/mol. The zero-order valence-corrected chi connectivity index (χ0v) is 10.5. The Bertz CT molecular complexity index is 626. The third-order valence-electron chi connectivity index (χ3n) is 2.43. The van der Waals surface area contributed by atoms with E-state index in [4.69, 9.17) is 28.3 Å². The number of aromatic carboxylic acids is 1. The molecule has 0 radical (unpaired) electrons. The predicted octanol–water partition coefficient (Wildman–Crippen LogP) is 4.50. The van der Waals surface area contributed by atoms with Crippen molar-refractivity contribution in [3.63, 3.8) is 0 Å². The molecule has 0 saturated heterocycles. The van der Waals surface area contributed by atoms with Crippen LogP contribution in [-0.4, -0.2) is 11.1 Å². The monoisotopic (exact) mass is 284 g/mol. The van der Waals surface area contributed by atoms with Crippen LogP contribution in [0.25, 0.3) is 11.1 Å². The summed E-state index contributed by atoms with van der Waals surface area (Å²) in [5.41, 5.74) is 0.641. The fourth-order valence-electron chi connectivity index (χ4n) is 1.63. The summed E-state index contributed by atoms with van der Waals surface area (Å²) < 4.78 is 13.2. The van der Waals surface area contributed by atoms with Crippen molar-refractivity contribution in [2.24, 2.45) is 0 Å². The number of rotatable bonds is 2. The quantitative estimate of drug-likeness (QED) is 0.882. The van der Waals surface area contributed by atoms with Gasteiger partial charge in [-0.1, -0.05) is 29.3 Å². The maximum absolute atomic E-state index is 13.2. The second-order valence-electron chi connectivity index (χ2n) is 3.62. The first-order valence-corrected chi connectivity index (χ1v) is 5.73. The molecule has 2 aromatic rings. The number of carboxylic acids is 1. The molecule has 0 saturated carbocycles. The molecule has 1 N–H and O–H groups in total. The first-order chi connectivity index (χ1) is 8.49. The predicted molar refractivity (Wildman–Crippen MR) is 68.8 cm³/mol. The molecule has 0 atom stereocenters. The third kappa shape index (κ3) is 2.47. The van der Waals surface area contributed by atoms with Crippen molar-refractivity contribution in [3.05, 3.63) is 57.8 Å². The van der Waals surface area contributed by atoms with E-state index in [-0.39, 0.29) is 16.1 Å². The minimum Gasteiger partial charge on any atom is -0.478 e. The lowest BCUT2D eigenvalue weighted by atomic mass is 9.99. The standard InChI is InChI=1S/C13H7Cl2FO2/c14-7-1-3-9(12(15)5-7)11-6-8(16)2-4-10(11)13(17)18/h1-6H,(H,17,18). The molecule has 18 heavy (non-hydrogen) atoms. The molecule has 92 valence electrons. The van der Waals surface area contributed by atoms with E-state index in [1.54, 1.807) is 12.1 Å². The smallest absolute Gasteiger partial charge is 0.336 e. The van der Waals surface area contributed by atoms with Crippen molar-refractivity contribution in [3.8, 4) is 11.1 Å². The maximum Gasteiger partial charge on any atom is 0.336 e. The van der Waals surface area contributed by atoms with Gasteiger partial charge in [-0.2, -0.15) is 0 Å². The van der Waals surface area contributed by atoms with Crippen LogP contribution in [0.2, 0.25) is 10.0 Å². The van der Waals surface area contributed by atoms with Gasteiger partial charge in [-0.3, -0.25) is 0 Å². The van der Waals surface area contributed by atoms with Gasteiger partial charge in [0.05, 0.1) is 5.56 Å². The molecule has 2 nitrogen and oxygen atoms in total. The van der Waals surface area contributed by atoms with E-state index in [9.17, 15) is 9.18 Å². The minimum absolute atomic E-state index is 0.0133. The summed E-state index contributed by atoms with van der Waals surface area (Å²) in [7, 11) is 0. The Kier molecular flexibility index (Phi) is 3.55. The highest BCUT2D eigenvalue weighted by atomic mass is 35.5. The lowest BCUT2D eigenvalue weighted by Crippen LogP contribution is -2.00. The normalized spacial score (nSPS) is 10.4. The van der Waals surface area contributed by atoms with Crippen molar-refractivity contribution >= 4 is 29.2 Å². The van der Waals surface area contributed by atoms with Crippen LogP contribution in [0.5, 0.6) is 0 Å². The Hall–Kier alpha value is -1.58. The van der Waals surface area contributed by atoms with Gasteiger partial charge in [0.1, 0.15) is 5.82 Å². The van der Waals surface area contributed by atoms with Crippen molar-refractivity contribution in [1.29, 1.82) is 0 Å². The van der Waals surface area contributed by atoms with E-state index >= 15 is 0 Å². The molecular formula is C13H7Cl2FO2. The molecule has 0 aliphatic rings. The summed E-state index contributed by atoms with van der Waals surface area (Å²) in [6, 6.07) is 8.05. The second-order valence-corrected chi connectivity index (χ2v) is 4.46. The van der Waals surface area contributed by atoms with Crippen LogP contribution in [0.3, 0.4) is 0 Å². The summed E-state index contributed by atoms with van der Waals surface area (Å²) in [6.07, 6.45) is 0. The van der Waals surface area contributed by atoms with E-state index < -0.39 is 11.8 Å². The number of hydrogen-bond donors (Lipinski definition) is 1. The van der Waals surface area contributed by atoms with Gasteiger partial charge in [0.2, 0.25) is 0 Å². The second kappa shape index (κ2) is 4.96. The van der Waals surface area contributed by atoms with Gasteiger partial charge in [0, 0.05) is 21.2 Å². The Morgan fingerprint density at radius 3 is 2.39 bits per heavy atom. The third-order valence-corrected chi connectivity index (χ3v) is 2.98. The molecule has 0 bridgehead atoms. The summed E-state index contributed by atoms with van der Waals surface area (Å²) in [6.45, 7) is 0. The number of hydrogen-bond acceptors (Lipinski definition) is 1. The van der Waals surface area contributed by atoms with Gasteiger partial charge in [-0.15, -0.1) is 0 Å². The van der Waals surface area contributed by atoms with Gasteiger partial charge in [0.25, 0.3) is 0 Å². The van der Waals surface area contributed by atoms with Crippen LogP contribution >= 0.6 is 23.2 Å². The van der Waals surface area contributed by atoms with Crippen LogP contribution in [0.1, 0.15) is 10.4 Å². The summed E-state index contributed by atoms with van der Waals surface area (Å²) in [5.74, 6) is -1.67. The molecule has 0 aromatic heterocycles. The van der Waals surface area contributed by atoms with Gasteiger partial charge in [0.15, 0.2) is 0 Å². The molecule has 0 fully saturated rings. The fourth-order valence-corrected chi connectivity index (χ4v) is 2.14. The highest BCUT2D eigenvalue weighted by molar-refractivity contribution is 6.36. The first-order valence-electron chi connectivity index (χ1n) is 4.97. The zero-order valence-electron chi connectivity index (χ0n) is 8.95. The van der Waals surface area contributed by atoms with Crippen LogP contribution in [0.15, 0.2) is 36.4 Å². The highest BCUT2D eigenvalue weighted by Crippen LogP contribution is 2.33. The van der Waals surface area contributed by atoms with Crippen molar-refractivity contribution in [2.45, 2.75) is 0 Å². The van der Waals surface area contributed by atoms with Crippen LogP contribution in [0.4, 0.5) is 4.39 Å². The molecule has 0 heterocycles. The SMILES string of the molecule is O=C(O)c1ccc(F)cc1-c1ccc(Cl)cc1Cl.